The standard InChI is InChI=1S/C12H18N2/c1-9(2)8-14-10(3)13-11-6-4-5-7-12(11)14/h1,4-8H2,2-3H3. The number of hydrogen-bond acceptors (Lipinski definition) is 1. The highest BCUT2D eigenvalue weighted by molar-refractivity contribution is 5.20. The van der Waals surface area contributed by atoms with Crippen molar-refractivity contribution >= 4 is 0 Å². The molecule has 2 nitrogen and oxygen atoms in total. The molecule has 1 heterocycles. The van der Waals surface area contributed by atoms with E-state index in [-0.39, 0.29) is 0 Å². The molecular formula is C12H18N2. The summed E-state index contributed by atoms with van der Waals surface area (Å²) in [5, 5.41) is 0. The normalized spacial score (nSPS) is 15.3. The van der Waals surface area contributed by atoms with Gasteiger partial charge in [0.15, 0.2) is 0 Å². The van der Waals surface area contributed by atoms with Gasteiger partial charge in [0, 0.05) is 12.2 Å². The Morgan fingerprint density at radius 2 is 2.14 bits per heavy atom. The van der Waals surface area contributed by atoms with E-state index in [4.69, 9.17) is 0 Å². The van der Waals surface area contributed by atoms with Gasteiger partial charge in [-0.05, 0) is 39.5 Å². The molecule has 1 aromatic rings. The van der Waals surface area contributed by atoms with E-state index in [2.05, 4.69) is 30.0 Å². The van der Waals surface area contributed by atoms with Gasteiger partial charge in [-0.2, -0.15) is 0 Å². The van der Waals surface area contributed by atoms with Crippen LogP contribution in [0.3, 0.4) is 0 Å². The van der Waals surface area contributed by atoms with Gasteiger partial charge in [-0.1, -0.05) is 12.2 Å². The number of aromatic nitrogens is 2. The van der Waals surface area contributed by atoms with E-state index in [9.17, 15) is 0 Å². The molecule has 0 atom stereocenters. The molecule has 0 aliphatic heterocycles. The Labute approximate surface area is 85.7 Å². The van der Waals surface area contributed by atoms with Crippen molar-refractivity contribution in [1.82, 2.24) is 9.55 Å². The first-order valence-electron chi connectivity index (χ1n) is 5.37. The number of allylic oxidation sites excluding steroid dienone is 1. The molecule has 0 aromatic carbocycles. The number of fused-ring (bicyclic) bond motifs is 1. The van der Waals surface area contributed by atoms with Crippen molar-refractivity contribution < 1.29 is 0 Å². The van der Waals surface area contributed by atoms with Gasteiger partial charge in [0.05, 0.1) is 5.69 Å². The summed E-state index contributed by atoms with van der Waals surface area (Å²) in [4.78, 5) is 4.63. The van der Waals surface area contributed by atoms with Crippen LogP contribution in [0.25, 0.3) is 0 Å². The zero-order valence-electron chi connectivity index (χ0n) is 9.14. The molecule has 0 bridgehead atoms. The summed E-state index contributed by atoms with van der Waals surface area (Å²) >= 11 is 0. The second kappa shape index (κ2) is 3.60. The molecule has 0 radical (unpaired) electrons. The molecule has 0 saturated carbocycles. The van der Waals surface area contributed by atoms with E-state index in [1.54, 1.807) is 0 Å². The molecule has 0 amide bonds. The van der Waals surface area contributed by atoms with E-state index in [1.165, 1.54) is 42.6 Å². The maximum absolute atomic E-state index is 4.63. The monoisotopic (exact) mass is 190 g/mol. The zero-order valence-corrected chi connectivity index (χ0v) is 9.14. The Hall–Kier alpha value is -1.05. The molecule has 14 heavy (non-hydrogen) atoms. The molecule has 2 rings (SSSR count). The number of nitrogens with zero attached hydrogens (tertiary/aromatic N) is 2. The smallest absolute Gasteiger partial charge is 0.106 e. The van der Waals surface area contributed by atoms with E-state index in [0.29, 0.717) is 0 Å². The minimum Gasteiger partial charge on any atom is -0.328 e. The number of aryl methyl sites for hydroxylation is 2. The third kappa shape index (κ3) is 1.61. The van der Waals surface area contributed by atoms with Crippen LogP contribution in [0.5, 0.6) is 0 Å². The van der Waals surface area contributed by atoms with Crippen molar-refractivity contribution in [2.75, 3.05) is 0 Å². The molecular weight excluding hydrogens is 172 g/mol. The first kappa shape index (κ1) is 9.50. The minimum atomic E-state index is 0.939. The van der Waals surface area contributed by atoms with Crippen LogP contribution < -0.4 is 0 Å². The Bertz CT molecular complexity index is 361. The molecule has 1 aliphatic carbocycles. The Kier molecular flexibility index (Phi) is 2.44. The average molecular weight is 190 g/mol. The van der Waals surface area contributed by atoms with Gasteiger partial charge in [0.1, 0.15) is 5.82 Å². The third-order valence-electron chi connectivity index (χ3n) is 2.85. The van der Waals surface area contributed by atoms with Gasteiger partial charge in [-0.25, -0.2) is 4.98 Å². The van der Waals surface area contributed by atoms with Crippen molar-refractivity contribution in [2.45, 2.75) is 46.1 Å². The second-order valence-corrected chi connectivity index (χ2v) is 4.30. The first-order valence-corrected chi connectivity index (χ1v) is 5.37. The molecule has 2 heteroatoms. The highest BCUT2D eigenvalue weighted by Crippen LogP contribution is 2.22. The largest absolute Gasteiger partial charge is 0.328 e. The van der Waals surface area contributed by atoms with Crippen molar-refractivity contribution in [3.05, 3.63) is 29.4 Å². The van der Waals surface area contributed by atoms with Crippen LogP contribution >= 0.6 is 0 Å². The van der Waals surface area contributed by atoms with Gasteiger partial charge in [-0.15, -0.1) is 0 Å². The lowest BCUT2D eigenvalue weighted by molar-refractivity contribution is 0.622. The average Bonchev–Trinajstić information content (AvgIpc) is 2.43. The fraction of sp³-hybridized carbons (Fsp3) is 0.583. The maximum atomic E-state index is 4.63. The molecule has 76 valence electrons. The molecule has 0 spiro atoms. The Balaban J connectivity index is 2.37. The van der Waals surface area contributed by atoms with Crippen LogP contribution in [-0.2, 0) is 19.4 Å². The van der Waals surface area contributed by atoms with E-state index >= 15 is 0 Å². The van der Waals surface area contributed by atoms with Gasteiger partial charge in [-0.3, -0.25) is 0 Å². The van der Waals surface area contributed by atoms with Crippen LogP contribution in [0.2, 0.25) is 0 Å². The van der Waals surface area contributed by atoms with Gasteiger partial charge >= 0.3 is 0 Å². The lowest BCUT2D eigenvalue weighted by Crippen LogP contribution is -2.09. The predicted molar refractivity (Wildman–Crippen MR) is 58.4 cm³/mol. The third-order valence-corrected chi connectivity index (χ3v) is 2.85. The highest BCUT2D eigenvalue weighted by atomic mass is 15.1. The van der Waals surface area contributed by atoms with Gasteiger partial charge < -0.3 is 4.57 Å². The molecule has 0 unspecified atom stereocenters. The molecule has 1 aromatic heterocycles. The van der Waals surface area contributed by atoms with Crippen LogP contribution in [0.15, 0.2) is 12.2 Å². The fourth-order valence-corrected chi connectivity index (χ4v) is 2.22. The fourth-order valence-electron chi connectivity index (χ4n) is 2.22. The topological polar surface area (TPSA) is 17.8 Å². The lowest BCUT2D eigenvalue weighted by atomic mass is 10.0. The number of hydrogen-bond donors (Lipinski definition) is 0. The van der Waals surface area contributed by atoms with E-state index in [1.807, 2.05) is 0 Å². The molecule has 0 saturated heterocycles. The van der Waals surface area contributed by atoms with Crippen molar-refractivity contribution in [2.24, 2.45) is 0 Å². The summed E-state index contributed by atoms with van der Waals surface area (Å²) in [5.41, 5.74) is 3.99. The number of rotatable bonds is 2. The van der Waals surface area contributed by atoms with Crippen LogP contribution in [0, 0.1) is 6.92 Å². The minimum absolute atomic E-state index is 0.939. The summed E-state index contributed by atoms with van der Waals surface area (Å²) < 4.78 is 2.33. The summed E-state index contributed by atoms with van der Waals surface area (Å²) in [5.74, 6) is 1.15. The van der Waals surface area contributed by atoms with Crippen molar-refractivity contribution in [3.63, 3.8) is 0 Å². The zero-order chi connectivity index (χ0) is 10.1. The van der Waals surface area contributed by atoms with E-state index in [0.717, 1.165) is 12.4 Å². The van der Waals surface area contributed by atoms with Crippen LogP contribution in [0.1, 0.15) is 37.0 Å². The SMILES string of the molecule is C=C(C)Cn1c(C)nc2c1CCCC2. The number of imidazole rings is 1. The van der Waals surface area contributed by atoms with Gasteiger partial charge in [0.2, 0.25) is 0 Å². The predicted octanol–water partition coefficient (Wildman–Crippen LogP) is 2.65. The second-order valence-electron chi connectivity index (χ2n) is 4.30. The highest BCUT2D eigenvalue weighted by Gasteiger charge is 2.17. The summed E-state index contributed by atoms with van der Waals surface area (Å²) in [7, 11) is 0. The van der Waals surface area contributed by atoms with Gasteiger partial charge in [0.25, 0.3) is 0 Å². The first-order chi connectivity index (χ1) is 6.68. The summed E-state index contributed by atoms with van der Waals surface area (Å²) in [6.07, 6.45) is 4.98. The molecule has 0 fully saturated rings. The van der Waals surface area contributed by atoms with Crippen LogP contribution in [0.4, 0.5) is 0 Å². The summed E-state index contributed by atoms with van der Waals surface area (Å²) in [6.45, 7) is 9.09. The molecule has 0 N–H and O–H groups in total. The Morgan fingerprint density at radius 3 is 2.86 bits per heavy atom. The van der Waals surface area contributed by atoms with E-state index < -0.39 is 0 Å². The summed E-state index contributed by atoms with van der Waals surface area (Å²) in [6, 6.07) is 0. The Morgan fingerprint density at radius 1 is 1.43 bits per heavy atom. The lowest BCUT2D eigenvalue weighted by Gasteiger charge is -2.14. The van der Waals surface area contributed by atoms with Crippen LogP contribution in [-0.4, -0.2) is 9.55 Å². The maximum Gasteiger partial charge on any atom is 0.106 e. The van der Waals surface area contributed by atoms with Crippen molar-refractivity contribution in [1.29, 1.82) is 0 Å². The van der Waals surface area contributed by atoms with Crippen molar-refractivity contribution in [3.8, 4) is 0 Å². The molecule has 1 aliphatic rings. The quantitative estimate of drug-likeness (QED) is 0.655.